The minimum Gasteiger partial charge on any atom is -0.488 e. The van der Waals surface area contributed by atoms with Crippen molar-refractivity contribution in [3.63, 3.8) is 0 Å². The van der Waals surface area contributed by atoms with Crippen LogP contribution in [0.3, 0.4) is 0 Å². The molecule has 28 heavy (non-hydrogen) atoms. The van der Waals surface area contributed by atoms with Gasteiger partial charge in [-0.3, -0.25) is 15.0 Å². The summed E-state index contributed by atoms with van der Waals surface area (Å²) in [5.74, 6) is 0.732. The van der Waals surface area contributed by atoms with Gasteiger partial charge in [0, 0.05) is 19.7 Å². The molecule has 3 heterocycles. The van der Waals surface area contributed by atoms with Crippen molar-refractivity contribution in [2.24, 2.45) is 0 Å². The lowest BCUT2D eigenvalue weighted by Gasteiger charge is -2.21. The van der Waals surface area contributed by atoms with Crippen molar-refractivity contribution in [2.75, 3.05) is 18.6 Å². The number of hydrogen-bond acceptors (Lipinski definition) is 8. The van der Waals surface area contributed by atoms with Crippen molar-refractivity contribution in [3.05, 3.63) is 64.2 Å². The molecule has 0 saturated heterocycles. The molecule has 2 atom stereocenters. The number of aliphatic hydroxyl groups is 1. The zero-order valence-corrected chi connectivity index (χ0v) is 16.0. The Morgan fingerprint density at radius 1 is 1.29 bits per heavy atom. The van der Waals surface area contributed by atoms with E-state index in [2.05, 4.69) is 20.5 Å². The van der Waals surface area contributed by atoms with Gasteiger partial charge in [0.25, 0.3) is 0 Å². The van der Waals surface area contributed by atoms with Crippen molar-refractivity contribution >= 4 is 23.1 Å². The van der Waals surface area contributed by atoms with Gasteiger partial charge in [-0.25, -0.2) is 4.98 Å². The van der Waals surface area contributed by atoms with Crippen LogP contribution in [-0.4, -0.2) is 45.9 Å². The summed E-state index contributed by atoms with van der Waals surface area (Å²) in [6.45, 7) is 0.0780. The molecule has 0 radical (unpaired) electrons. The van der Waals surface area contributed by atoms with E-state index in [9.17, 15) is 9.90 Å². The van der Waals surface area contributed by atoms with Crippen LogP contribution >= 0.6 is 11.3 Å². The van der Waals surface area contributed by atoms with Crippen LogP contribution in [0, 0.1) is 0 Å². The molecule has 1 aliphatic rings. The summed E-state index contributed by atoms with van der Waals surface area (Å²) in [7, 11) is 1.63. The fraction of sp³-hybridized carbons (Fsp3) is 0.263. The highest BCUT2D eigenvalue weighted by atomic mass is 32.1. The second-order valence-corrected chi connectivity index (χ2v) is 7.45. The molecule has 1 unspecified atom stereocenters. The molecule has 0 bridgehead atoms. The Labute approximate surface area is 165 Å². The molecule has 144 valence electrons. The minimum atomic E-state index is -1.12. The van der Waals surface area contributed by atoms with Crippen LogP contribution in [0.2, 0.25) is 0 Å². The molecule has 8 nitrogen and oxygen atoms in total. The number of aliphatic hydroxyl groups excluding tert-OH is 1. The predicted octanol–water partition coefficient (Wildman–Crippen LogP) is 1.53. The smallest absolute Gasteiger partial charge is 0.248 e. The van der Waals surface area contributed by atoms with Crippen molar-refractivity contribution in [1.29, 1.82) is 0 Å². The molecule has 2 N–H and O–H groups in total. The standard InChI is InChI=1S/C19H19N5O3S/c1-24-16-14(8-5-9-20-16)27-11-13(19(24)26)21-17(25)18-23-22-15(28-18)10-12-6-3-2-4-7-12/h2-9,13,17,21,25H,10-11H2,1H3/t13-,17?/m0/s1. The number of hydrogen-bond donors (Lipinski definition) is 2. The highest BCUT2D eigenvalue weighted by Gasteiger charge is 2.32. The molecule has 0 aliphatic carbocycles. The van der Waals surface area contributed by atoms with E-state index in [-0.39, 0.29) is 12.5 Å². The highest BCUT2D eigenvalue weighted by molar-refractivity contribution is 7.11. The molecule has 0 spiro atoms. The molecule has 1 aliphatic heterocycles. The lowest BCUT2D eigenvalue weighted by Crippen LogP contribution is -2.48. The molecular weight excluding hydrogens is 378 g/mol. The van der Waals surface area contributed by atoms with Gasteiger partial charge >= 0.3 is 0 Å². The van der Waals surface area contributed by atoms with Gasteiger partial charge < -0.3 is 9.84 Å². The SMILES string of the molecule is CN1C(=O)[C@@H](NC(O)c2nnc(Cc3ccccc3)s2)COc2cccnc21. The number of nitrogens with one attached hydrogen (secondary N) is 1. The molecular formula is C19H19N5O3S. The Bertz CT molecular complexity index is 965. The minimum absolute atomic E-state index is 0.0780. The van der Waals surface area contributed by atoms with Crippen LogP contribution in [0.4, 0.5) is 5.82 Å². The second-order valence-electron chi connectivity index (χ2n) is 6.35. The molecule has 3 aromatic rings. The van der Waals surface area contributed by atoms with Gasteiger partial charge in [-0.05, 0) is 17.7 Å². The number of aromatic nitrogens is 3. The van der Waals surface area contributed by atoms with Crippen LogP contribution in [-0.2, 0) is 11.2 Å². The van der Waals surface area contributed by atoms with Crippen LogP contribution in [0.5, 0.6) is 5.75 Å². The number of nitrogens with zero attached hydrogens (tertiary/aromatic N) is 4. The van der Waals surface area contributed by atoms with Crippen LogP contribution in [0.25, 0.3) is 0 Å². The third kappa shape index (κ3) is 3.86. The second kappa shape index (κ2) is 8.01. The number of likely N-dealkylation sites (N-methyl/N-ethyl adjacent to an activating group) is 1. The average molecular weight is 397 g/mol. The van der Waals surface area contributed by atoms with Crippen molar-refractivity contribution in [2.45, 2.75) is 18.7 Å². The Kier molecular flexibility index (Phi) is 5.29. The summed E-state index contributed by atoms with van der Waals surface area (Å²) in [6, 6.07) is 12.7. The summed E-state index contributed by atoms with van der Waals surface area (Å²) in [5.41, 5.74) is 1.12. The first-order valence-corrected chi connectivity index (χ1v) is 9.59. The molecule has 1 amide bonds. The van der Waals surface area contributed by atoms with Gasteiger partial charge in [0.1, 0.15) is 17.7 Å². The van der Waals surface area contributed by atoms with Gasteiger partial charge in [0.2, 0.25) is 5.91 Å². The van der Waals surface area contributed by atoms with Gasteiger partial charge in [-0.1, -0.05) is 41.7 Å². The van der Waals surface area contributed by atoms with Crippen molar-refractivity contribution < 1.29 is 14.6 Å². The molecule has 0 fully saturated rings. The largest absolute Gasteiger partial charge is 0.488 e. The normalized spacial score (nSPS) is 17.6. The van der Waals surface area contributed by atoms with E-state index in [1.54, 1.807) is 25.4 Å². The van der Waals surface area contributed by atoms with Gasteiger partial charge in [0.15, 0.2) is 22.8 Å². The Morgan fingerprint density at radius 3 is 2.93 bits per heavy atom. The van der Waals surface area contributed by atoms with Gasteiger partial charge in [0.05, 0.1) is 0 Å². The van der Waals surface area contributed by atoms with E-state index in [1.807, 2.05) is 30.3 Å². The van der Waals surface area contributed by atoms with Gasteiger partial charge in [-0.15, -0.1) is 10.2 Å². The molecule has 9 heteroatoms. The maximum Gasteiger partial charge on any atom is 0.248 e. The monoisotopic (exact) mass is 397 g/mol. The number of rotatable bonds is 5. The zero-order chi connectivity index (χ0) is 19.5. The van der Waals surface area contributed by atoms with E-state index in [0.29, 0.717) is 23.0 Å². The Balaban J connectivity index is 1.44. The summed E-state index contributed by atoms with van der Waals surface area (Å²) in [5, 5.41) is 22.8. The topological polar surface area (TPSA) is 100 Å². The number of carbonyl (C=O) groups excluding carboxylic acids is 1. The summed E-state index contributed by atoms with van der Waals surface area (Å²) in [6.07, 6.45) is 1.12. The summed E-state index contributed by atoms with van der Waals surface area (Å²) in [4.78, 5) is 18.3. The summed E-state index contributed by atoms with van der Waals surface area (Å²) >= 11 is 1.31. The number of carbonyl (C=O) groups is 1. The fourth-order valence-corrected chi connectivity index (χ4v) is 3.75. The molecule has 4 rings (SSSR count). The number of pyridine rings is 1. The predicted molar refractivity (Wildman–Crippen MR) is 104 cm³/mol. The van der Waals surface area contributed by atoms with Crippen LogP contribution in [0.1, 0.15) is 21.8 Å². The molecule has 0 saturated carbocycles. The maximum absolute atomic E-state index is 12.7. The first kappa shape index (κ1) is 18.5. The first-order valence-electron chi connectivity index (χ1n) is 8.77. The zero-order valence-electron chi connectivity index (χ0n) is 15.1. The number of fused-ring (bicyclic) bond motifs is 1. The molecule has 1 aromatic carbocycles. The number of anilines is 1. The fourth-order valence-electron chi connectivity index (χ4n) is 2.93. The average Bonchev–Trinajstić information content (AvgIpc) is 3.15. The highest BCUT2D eigenvalue weighted by Crippen LogP contribution is 2.28. The summed E-state index contributed by atoms with van der Waals surface area (Å²) < 4.78 is 5.69. The van der Waals surface area contributed by atoms with E-state index in [0.717, 1.165) is 10.6 Å². The van der Waals surface area contributed by atoms with Crippen LogP contribution < -0.4 is 15.0 Å². The molecule has 2 aromatic heterocycles. The lowest BCUT2D eigenvalue weighted by atomic mass is 10.2. The van der Waals surface area contributed by atoms with Crippen LogP contribution in [0.15, 0.2) is 48.7 Å². The van der Waals surface area contributed by atoms with E-state index >= 15 is 0 Å². The number of benzene rings is 1. The van der Waals surface area contributed by atoms with Gasteiger partial charge in [-0.2, -0.15) is 0 Å². The van der Waals surface area contributed by atoms with E-state index in [4.69, 9.17) is 4.74 Å². The quantitative estimate of drug-likeness (QED) is 0.630. The Hall–Kier alpha value is -2.88. The van der Waals surface area contributed by atoms with Crippen molar-refractivity contribution in [1.82, 2.24) is 20.5 Å². The third-order valence-corrected chi connectivity index (χ3v) is 5.35. The van der Waals surface area contributed by atoms with Crippen molar-refractivity contribution in [3.8, 4) is 5.75 Å². The number of amides is 1. The van der Waals surface area contributed by atoms with E-state index < -0.39 is 12.3 Å². The third-order valence-electron chi connectivity index (χ3n) is 4.38. The lowest BCUT2D eigenvalue weighted by molar-refractivity contribution is -0.121. The van der Waals surface area contributed by atoms with E-state index in [1.165, 1.54) is 16.2 Å². The first-order chi connectivity index (χ1) is 13.6. The Morgan fingerprint density at radius 2 is 2.11 bits per heavy atom. The maximum atomic E-state index is 12.7. The number of ether oxygens (including phenoxy) is 1.